The summed E-state index contributed by atoms with van der Waals surface area (Å²) < 4.78 is 33.1. The number of oxazole rings is 1. The summed E-state index contributed by atoms with van der Waals surface area (Å²) in [7, 11) is -3.81. The van der Waals surface area contributed by atoms with Gasteiger partial charge in [0.15, 0.2) is 0 Å². The van der Waals surface area contributed by atoms with Crippen LogP contribution in [0.3, 0.4) is 0 Å². The first kappa shape index (κ1) is 21.5. The lowest BCUT2D eigenvalue weighted by molar-refractivity contribution is 0.387. The second kappa shape index (κ2) is 9.24. The summed E-state index contributed by atoms with van der Waals surface area (Å²) in [4.78, 5) is 6.75. The third kappa shape index (κ3) is 4.57. The molecule has 33 heavy (non-hydrogen) atoms. The summed E-state index contributed by atoms with van der Waals surface area (Å²) in [5, 5.41) is -0.00550. The second-order valence-electron chi connectivity index (χ2n) is 8.43. The number of hydrogen-bond acceptors (Lipinski definition) is 5. The molecule has 0 amide bonds. The van der Waals surface area contributed by atoms with Crippen LogP contribution in [0.4, 0.5) is 5.88 Å². The maximum absolute atomic E-state index is 13.5. The van der Waals surface area contributed by atoms with Crippen molar-refractivity contribution < 1.29 is 12.8 Å². The summed E-state index contributed by atoms with van der Waals surface area (Å²) in [5.74, 6) is 1.23. The van der Waals surface area contributed by atoms with Crippen LogP contribution >= 0.6 is 0 Å². The van der Waals surface area contributed by atoms with E-state index in [0.717, 1.165) is 37.9 Å². The van der Waals surface area contributed by atoms with Crippen LogP contribution in [-0.2, 0) is 16.3 Å². The van der Waals surface area contributed by atoms with Gasteiger partial charge in [-0.2, -0.15) is 4.98 Å². The molecule has 6 heteroatoms. The maximum Gasteiger partial charge on any atom is 0.236 e. The van der Waals surface area contributed by atoms with Crippen LogP contribution in [0.2, 0.25) is 0 Å². The normalized spacial score (nSPS) is 15.0. The van der Waals surface area contributed by atoms with E-state index in [2.05, 4.69) is 29.2 Å². The number of hydrogen-bond donors (Lipinski definition) is 0. The minimum absolute atomic E-state index is 0.00550. The average Bonchev–Trinajstić information content (AvgIpc) is 3.33. The highest BCUT2D eigenvalue weighted by molar-refractivity contribution is 7.91. The van der Waals surface area contributed by atoms with Gasteiger partial charge in [-0.15, -0.1) is 0 Å². The fraction of sp³-hybridized carbons (Fsp3) is 0.222. The highest BCUT2D eigenvalue weighted by Gasteiger charge is 2.33. The monoisotopic (exact) mass is 458 g/mol. The molecule has 1 aromatic heterocycles. The molecule has 3 aromatic carbocycles. The molecule has 0 aliphatic carbocycles. The van der Waals surface area contributed by atoms with Crippen molar-refractivity contribution in [2.75, 3.05) is 18.0 Å². The van der Waals surface area contributed by atoms with E-state index in [1.54, 1.807) is 30.3 Å². The molecule has 0 saturated carbocycles. The molecule has 168 valence electrons. The molecule has 0 unspecified atom stereocenters. The van der Waals surface area contributed by atoms with E-state index in [1.165, 1.54) is 5.56 Å². The van der Waals surface area contributed by atoms with Crippen LogP contribution in [0.25, 0.3) is 11.5 Å². The van der Waals surface area contributed by atoms with Crippen LogP contribution in [0.15, 0.2) is 105 Å². The zero-order chi connectivity index (χ0) is 22.7. The van der Waals surface area contributed by atoms with Crippen LogP contribution in [0, 0.1) is 5.92 Å². The summed E-state index contributed by atoms with van der Waals surface area (Å²) in [5.41, 5.74) is 2.10. The molecule has 5 nitrogen and oxygen atoms in total. The summed E-state index contributed by atoms with van der Waals surface area (Å²) in [6, 6.07) is 28.4. The number of anilines is 1. The fourth-order valence-electron chi connectivity index (χ4n) is 4.38. The lowest BCUT2D eigenvalue weighted by Crippen LogP contribution is -2.34. The van der Waals surface area contributed by atoms with Gasteiger partial charge in [0.25, 0.3) is 0 Å². The van der Waals surface area contributed by atoms with Crippen molar-refractivity contribution in [3.8, 4) is 11.5 Å². The molecule has 5 rings (SSSR count). The molecule has 2 heterocycles. The van der Waals surface area contributed by atoms with Gasteiger partial charge < -0.3 is 9.32 Å². The van der Waals surface area contributed by atoms with Gasteiger partial charge in [0.2, 0.25) is 26.6 Å². The Morgan fingerprint density at radius 1 is 0.818 bits per heavy atom. The SMILES string of the molecule is O=S(=O)(c1ccccc1)c1nc(-c2ccccc2)oc1N1CCC(Cc2ccccc2)CC1. The van der Waals surface area contributed by atoms with Crippen LogP contribution in [0.5, 0.6) is 0 Å². The van der Waals surface area contributed by atoms with Crippen molar-refractivity contribution in [2.24, 2.45) is 5.92 Å². The second-order valence-corrected chi connectivity index (χ2v) is 10.3. The Balaban J connectivity index is 1.45. The predicted octanol–water partition coefficient (Wildman–Crippen LogP) is 5.63. The van der Waals surface area contributed by atoms with E-state index in [1.807, 2.05) is 41.3 Å². The van der Waals surface area contributed by atoms with Gasteiger partial charge in [-0.05, 0) is 55.0 Å². The molecule has 1 saturated heterocycles. The molecule has 1 aliphatic heterocycles. The van der Waals surface area contributed by atoms with E-state index >= 15 is 0 Å². The topological polar surface area (TPSA) is 63.4 Å². The van der Waals surface area contributed by atoms with E-state index in [4.69, 9.17) is 4.42 Å². The molecule has 1 aliphatic rings. The first-order chi connectivity index (χ1) is 16.1. The Morgan fingerprint density at radius 2 is 1.39 bits per heavy atom. The van der Waals surface area contributed by atoms with Crippen LogP contribution in [0.1, 0.15) is 18.4 Å². The first-order valence-corrected chi connectivity index (χ1v) is 12.7. The third-order valence-corrected chi connectivity index (χ3v) is 7.84. The fourth-order valence-corrected chi connectivity index (χ4v) is 5.72. The van der Waals surface area contributed by atoms with Gasteiger partial charge in [-0.3, -0.25) is 0 Å². The highest BCUT2D eigenvalue weighted by atomic mass is 32.2. The number of piperidine rings is 1. The molecule has 0 bridgehead atoms. The number of nitrogens with zero attached hydrogens (tertiary/aromatic N) is 2. The average molecular weight is 459 g/mol. The minimum atomic E-state index is -3.81. The first-order valence-electron chi connectivity index (χ1n) is 11.3. The van der Waals surface area contributed by atoms with Crippen molar-refractivity contribution in [3.05, 3.63) is 96.6 Å². The van der Waals surface area contributed by atoms with Gasteiger partial charge in [-0.25, -0.2) is 8.42 Å². The predicted molar refractivity (Wildman–Crippen MR) is 129 cm³/mol. The number of rotatable bonds is 6. The third-order valence-electron chi connectivity index (χ3n) is 6.18. The van der Waals surface area contributed by atoms with Gasteiger partial charge in [0.05, 0.1) is 4.90 Å². The molecule has 4 aromatic rings. The van der Waals surface area contributed by atoms with Crippen molar-refractivity contribution in [1.29, 1.82) is 0 Å². The number of benzene rings is 3. The molecule has 0 N–H and O–H groups in total. The molecular weight excluding hydrogens is 432 g/mol. The van der Waals surface area contributed by atoms with Crippen molar-refractivity contribution in [1.82, 2.24) is 4.98 Å². The van der Waals surface area contributed by atoms with Crippen LogP contribution in [-0.4, -0.2) is 26.5 Å². The lowest BCUT2D eigenvalue weighted by Gasteiger charge is -2.32. The molecule has 0 radical (unpaired) electrons. The van der Waals surface area contributed by atoms with E-state index in [9.17, 15) is 8.42 Å². The lowest BCUT2D eigenvalue weighted by atomic mass is 9.90. The summed E-state index contributed by atoms with van der Waals surface area (Å²) in [6.07, 6.45) is 2.98. The Labute approximate surface area is 194 Å². The maximum atomic E-state index is 13.5. The smallest absolute Gasteiger partial charge is 0.236 e. The number of sulfone groups is 1. The van der Waals surface area contributed by atoms with Crippen molar-refractivity contribution in [2.45, 2.75) is 29.2 Å². The van der Waals surface area contributed by atoms with Crippen molar-refractivity contribution >= 4 is 15.7 Å². The Bertz CT molecular complexity index is 1300. The zero-order valence-corrected chi connectivity index (χ0v) is 19.1. The van der Waals surface area contributed by atoms with Crippen molar-refractivity contribution in [3.63, 3.8) is 0 Å². The van der Waals surface area contributed by atoms with Gasteiger partial charge in [0.1, 0.15) is 0 Å². The van der Waals surface area contributed by atoms with Crippen LogP contribution < -0.4 is 4.90 Å². The van der Waals surface area contributed by atoms with Gasteiger partial charge in [0, 0.05) is 18.7 Å². The molecular formula is C27H26N2O3S. The van der Waals surface area contributed by atoms with Gasteiger partial charge >= 0.3 is 0 Å². The Morgan fingerprint density at radius 3 is 2.03 bits per heavy atom. The highest BCUT2D eigenvalue weighted by Crippen LogP contribution is 2.36. The summed E-state index contributed by atoms with van der Waals surface area (Å²) >= 11 is 0. The quantitative estimate of drug-likeness (QED) is 0.374. The Kier molecular flexibility index (Phi) is 6.01. The van der Waals surface area contributed by atoms with E-state index in [-0.39, 0.29) is 9.92 Å². The molecule has 0 atom stereocenters. The minimum Gasteiger partial charge on any atom is -0.419 e. The zero-order valence-electron chi connectivity index (χ0n) is 18.3. The largest absolute Gasteiger partial charge is 0.419 e. The summed E-state index contributed by atoms with van der Waals surface area (Å²) in [6.45, 7) is 1.47. The standard InChI is InChI=1S/C27H26N2O3S/c30-33(31,24-14-8-3-9-15-24)26-27(32-25(28-26)23-12-6-2-7-13-23)29-18-16-22(17-19-29)20-21-10-4-1-5-11-21/h1-15,22H,16-20H2. The Hall–Kier alpha value is -3.38. The number of aromatic nitrogens is 1. The molecule has 0 spiro atoms. The van der Waals surface area contributed by atoms with Gasteiger partial charge in [-0.1, -0.05) is 66.7 Å². The van der Waals surface area contributed by atoms with E-state index < -0.39 is 9.84 Å². The van der Waals surface area contributed by atoms with E-state index in [0.29, 0.717) is 17.7 Å². The molecule has 1 fully saturated rings.